The van der Waals surface area contributed by atoms with Gasteiger partial charge < -0.3 is 9.47 Å². The first-order chi connectivity index (χ1) is 26.3. The van der Waals surface area contributed by atoms with E-state index in [-0.39, 0.29) is 0 Å². The first-order valence-corrected chi connectivity index (χ1v) is 26.6. The van der Waals surface area contributed by atoms with Crippen molar-refractivity contribution < 1.29 is 9.47 Å². The van der Waals surface area contributed by atoms with E-state index < -0.39 is 0 Å². The van der Waals surface area contributed by atoms with Crippen molar-refractivity contribution in [2.24, 2.45) is 59.2 Å². The lowest BCUT2D eigenvalue weighted by molar-refractivity contribution is -0.119. The van der Waals surface area contributed by atoms with Gasteiger partial charge in [0.15, 0.2) is 0 Å². The third-order valence-corrected chi connectivity index (χ3v) is 23.7. The number of ether oxygens (including phenoxy) is 2. The van der Waals surface area contributed by atoms with Crippen molar-refractivity contribution in [2.45, 2.75) is 237 Å². The van der Waals surface area contributed by atoms with Crippen molar-refractivity contribution in [3.05, 3.63) is 0 Å². The van der Waals surface area contributed by atoms with Crippen molar-refractivity contribution in [3.63, 3.8) is 0 Å². The summed E-state index contributed by atoms with van der Waals surface area (Å²) >= 11 is 5.15. The summed E-state index contributed by atoms with van der Waals surface area (Å²) in [6.07, 6.45) is 42.1. The van der Waals surface area contributed by atoms with Crippen LogP contribution in [0.25, 0.3) is 0 Å². The molecule has 0 bridgehead atoms. The number of thioether (sulfide) groups is 2. The van der Waals surface area contributed by atoms with E-state index in [2.05, 4.69) is 28.4 Å². The predicted octanol–water partition coefficient (Wildman–Crippen LogP) is 11.7. The highest BCUT2D eigenvalue weighted by Gasteiger charge is 2.61. The van der Waals surface area contributed by atoms with Crippen LogP contribution in [0.3, 0.4) is 0 Å². The maximum absolute atomic E-state index is 7.34. The molecule has 4 saturated heterocycles. The second kappa shape index (κ2) is 14.7. The van der Waals surface area contributed by atoms with Gasteiger partial charge in [-0.2, -0.15) is 23.5 Å². The average molecular weight is 762 g/mol. The lowest BCUT2D eigenvalue weighted by atomic mass is 9.62. The summed E-state index contributed by atoms with van der Waals surface area (Å²) in [5, 5.41) is 4.09. The molecule has 8 aliphatic carbocycles. The molecule has 0 amide bonds. The van der Waals surface area contributed by atoms with Gasteiger partial charge >= 0.3 is 0 Å². The molecule has 0 aromatic heterocycles. The van der Waals surface area contributed by atoms with Crippen LogP contribution in [0.1, 0.15) is 173 Å². The van der Waals surface area contributed by atoms with Gasteiger partial charge in [0.2, 0.25) is 0 Å². The summed E-state index contributed by atoms with van der Waals surface area (Å²) < 4.78 is 14.7. The zero-order chi connectivity index (χ0) is 34.6. The third kappa shape index (κ3) is 5.93. The number of hydrogen-bond donors (Lipinski definition) is 0. The smallest absolute Gasteiger partial charge is 0.0766 e. The molecule has 0 aromatic carbocycles. The van der Waals surface area contributed by atoms with Crippen LogP contribution < -0.4 is 0 Å². The molecular weight excluding hydrogens is 687 g/mol. The van der Waals surface area contributed by atoms with Crippen LogP contribution in [-0.4, -0.2) is 68.4 Å². The SMILES string of the molecule is C1CCC2C(C1)OC1C2CCCC1N(C1CCC(C2CCCC3C4CCC5SC6CCCCC6C5C4SC23)CC1)C1CCCC2C3CCCCC3OC21. The zero-order valence-corrected chi connectivity index (χ0v) is 34.9. The Morgan fingerprint density at radius 1 is 0.358 bits per heavy atom. The molecule has 0 radical (unpaired) electrons. The Hall–Kier alpha value is 0.580. The highest BCUT2D eigenvalue weighted by Crippen LogP contribution is 2.66. The molecule has 0 spiro atoms. The molecule has 296 valence electrons. The van der Waals surface area contributed by atoms with Crippen molar-refractivity contribution in [1.82, 2.24) is 4.90 Å². The number of nitrogens with zero attached hydrogens (tertiary/aromatic N) is 1. The summed E-state index contributed by atoms with van der Waals surface area (Å²) in [6.45, 7) is 0. The first-order valence-electron chi connectivity index (χ1n) is 24.7. The van der Waals surface area contributed by atoms with E-state index in [0.717, 1.165) is 86.2 Å². The number of hydrogen-bond acceptors (Lipinski definition) is 5. The lowest BCUT2D eigenvalue weighted by Crippen LogP contribution is -2.61. The molecule has 3 nitrogen and oxygen atoms in total. The molecule has 12 rings (SSSR count). The second-order valence-corrected chi connectivity index (χ2v) is 24.7. The molecule has 4 heterocycles. The lowest BCUT2D eigenvalue weighted by Gasteiger charge is -2.53. The van der Waals surface area contributed by atoms with Crippen molar-refractivity contribution >= 4 is 23.5 Å². The average Bonchev–Trinajstić information content (AvgIpc) is 3.98. The fourth-order valence-corrected chi connectivity index (χ4v) is 22.7. The van der Waals surface area contributed by atoms with E-state index in [1.807, 2.05) is 0 Å². The zero-order valence-electron chi connectivity index (χ0n) is 33.3. The van der Waals surface area contributed by atoms with Crippen LogP contribution in [0.15, 0.2) is 0 Å². The second-order valence-electron chi connectivity index (χ2n) is 21.8. The molecule has 5 heteroatoms. The molecule has 0 N–H and O–H groups in total. The Morgan fingerprint density at radius 3 is 1.60 bits per heavy atom. The Balaban J connectivity index is 0.792. The van der Waals surface area contributed by atoms with Gasteiger partial charge in [-0.25, -0.2) is 0 Å². The molecular formula is C48H75NO2S2. The highest BCUT2D eigenvalue weighted by atomic mass is 32.2. The fraction of sp³-hybridized carbons (Fsp3) is 1.00. The summed E-state index contributed by atoms with van der Waals surface area (Å²) in [5.41, 5.74) is 0. The largest absolute Gasteiger partial charge is 0.373 e. The number of rotatable bonds is 4. The van der Waals surface area contributed by atoms with E-state index in [4.69, 9.17) is 9.47 Å². The molecule has 19 unspecified atom stereocenters. The van der Waals surface area contributed by atoms with E-state index in [0.29, 0.717) is 36.5 Å². The standard InChI is InChI=1S/C48H75NO2S2/c1-4-19-40-31(10-1)33-14-8-17-38(45(33)50-40)49(39-18-9-15-34-32-11-2-5-20-41(32)51-46(34)39)29-24-22-28(23-25-29)30-13-7-16-35-36-26-27-43-44(48(36)53-47(30)35)37-12-3-6-21-42(37)52-43/h28-48H,1-27H2. The molecule has 12 fully saturated rings. The summed E-state index contributed by atoms with van der Waals surface area (Å²) in [7, 11) is 0. The van der Waals surface area contributed by atoms with Gasteiger partial charge in [0, 0.05) is 39.1 Å². The maximum atomic E-state index is 7.34. The fourth-order valence-electron chi connectivity index (χ4n) is 18.0. The van der Waals surface area contributed by atoms with Crippen LogP contribution in [0.4, 0.5) is 0 Å². The van der Waals surface area contributed by atoms with Crippen molar-refractivity contribution in [3.8, 4) is 0 Å². The quantitative estimate of drug-likeness (QED) is 0.284. The van der Waals surface area contributed by atoms with Crippen LogP contribution in [0.5, 0.6) is 0 Å². The molecule has 4 aliphatic heterocycles. The van der Waals surface area contributed by atoms with Gasteiger partial charge in [0.25, 0.3) is 0 Å². The van der Waals surface area contributed by atoms with E-state index in [9.17, 15) is 0 Å². The van der Waals surface area contributed by atoms with E-state index in [1.165, 1.54) is 128 Å². The van der Waals surface area contributed by atoms with Gasteiger partial charge in [0.05, 0.1) is 24.4 Å². The Bertz CT molecular complexity index is 1260. The van der Waals surface area contributed by atoms with Crippen LogP contribution in [0.2, 0.25) is 0 Å². The molecule has 8 saturated carbocycles. The minimum atomic E-state index is 0.511. The summed E-state index contributed by atoms with van der Waals surface area (Å²) in [5.74, 6) is 9.74. The molecule has 0 aromatic rings. The molecule has 53 heavy (non-hydrogen) atoms. The van der Waals surface area contributed by atoms with Crippen LogP contribution in [-0.2, 0) is 9.47 Å². The third-order valence-electron chi connectivity index (χ3n) is 19.9. The van der Waals surface area contributed by atoms with Crippen molar-refractivity contribution in [1.29, 1.82) is 0 Å². The van der Waals surface area contributed by atoms with Gasteiger partial charge in [-0.05, 0) is 175 Å². The normalized spacial score (nSPS) is 57.3. The van der Waals surface area contributed by atoms with Crippen LogP contribution >= 0.6 is 23.5 Å². The minimum Gasteiger partial charge on any atom is -0.373 e. The van der Waals surface area contributed by atoms with Gasteiger partial charge in [-0.15, -0.1) is 0 Å². The van der Waals surface area contributed by atoms with Gasteiger partial charge in [0.1, 0.15) is 0 Å². The molecule has 19 atom stereocenters. The maximum Gasteiger partial charge on any atom is 0.0766 e. The monoisotopic (exact) mass is 762 g/mol. The van der Waals surface area contributed by atoms with E-state index in [1.54, 1.807) is 44.9 Å². The Labute approximate surface area is 332 Å². The Morgan fingerprint density at radius 2 is 0.906 bits per heavy atom. The predicted molar refractivity (Wildman–Crippen MR) is 220 cm³/mol. The first kappa shape index (κ1) is 35.5. The van der Waals surface area contributed by atoms with E-state index >= 15 is 0 Å². The van der Waals surface area contributed by atoms with Crippen LogP contribution in [0, 0.1) is 59.2 Å². The Kier molecular flexibility index (Phi) is 9.85. The minimum absolute atomic E-state index is 0.511. The summed E-state index contributed by atoms with van der Waals surface area (Å²) in [4.78, 5) is 3.29. The van der Waals surface area contributed by atoms with Crippen molar-refractivity contribution in [2.75, 3.05) is 0 Å². The topological polar surface area (TPSA) is 21.7 Å². The van der Waals surface area contributed by atoms with Gasteiger partial charge in [-0.3, -0.25) is 4.90 Å². The van der Waals surface area contributed by atoms with Gasteiger partial charge in [-0.1, -0.05) is 57.8 Å². The number of fused-ring (bicyclic) bond motifs is 13. The highest BCUT2D eigenvalue weighted by molar-refractivity contribution is 8.02. The summed E-state index contributed by atoms with van der Waals surface area (Å²) in [6, 6.07) is 2.09. The molecule has 12 aliphatic rings.